The van der Waals surface area contributed by atoms with Gasteiger partial charge in [0.05, 0.1) is 35.8 Å². The average molecular weight is 408 g/mol. The first-order chi connectivity index (χ1) is 14.5. The van der Waals surface area contributed by atoms with E-state index in [2.05, 4.69) is 20.8 Å². The Kier molecular flexibility index (Phi) is 5.47. The van der Waals surface area contributed by atoms with Crippen molar-refractivity contribution in [1.82, 2.24) is 20.8 Å². The quantitative estimate of drug-likeness (QED) is 0.560. The van der Waals surface area contributed by atoms with Gasteiger partial charge in [0.1, 0.15) is 11.6 Å². The summed E-state index contributed by atoms with van der Waals surface area (Å²) in [6.07, 6.45) is 5.53. The van der Waals surface area contributed by atoms with Crippen molar-refractivity contribution in [1.29, 1.82) is 0 Å². The predicted molar refractivity (Wildman–Crippen MR) is 111 cm³/mol. The normalized spacial score (nSPS) is 13.5. The summed E-state index contributed by atoms with van der Waals surface area (Å²) in [5.41, 5.74) is 2.39. The van der Waals surface area contributed by atoms with Crippen LogP contribution in [0.5, 0.6) is 5.75 Å². The minimum absolute atomic E-state index is 0.0980. The van der Waals surface area contributed by atoms with Crippen LogP contribution < -0.4 is 15.4 Å². The number of halogens is 1. The third-order valence-corrected chi connectivity index (χ3v) is 4.82. The maximum atomic E-state index is 13.1. The molecule has 7 nitrogen and oxygen atoms in total. The van der Waals surface area contributed by atoms with E-state index >= 15 is 0 Å². The van der Waals surface area contributed by atoms with Crippen LogP contribution in [-0.2, 0) is 4.79 Å². The number of methoxy groups -OCH3 is 1. The summed E-state index contributed by atoms with van der Waals surface area (Å²) in [7, 11) is 1.48. The smallest absolute Gasteiger partial charge is 0.255 e. The molecular weight excluding hydrogens is 387 g/mol. The maximum Gasteiger partial charge on any atom is 0.255 e. The number of fused-ring (bicyclic) bond motifs is 1. The molecule has 0 saturated heterocycles. The topological polar surface area (TPSA) is 96.1 Å². The zero-order valence-corrected chi connectivity index (χ0v) is 16.4. The van der Waals surface area contributed by atoms with Gasteiger partial charge in [0.15, 0.2) is 0 Å². The summed E-state index contributed by atoms with van der Waals surface area (Å²) in [4.78, 5) is 24.5. The number of hydrogen-bond acceptors (Lipinski definition) is 4. The van der Waals surface area contributed by atoms with Crippen molar-refractivity contribution in [2.75, 3.05) is 13.7 Å². The Hall–Kier alpha value is -3.68. The van der Waals surface area contributed by atoms with Crippen molar-refractivity contribution >= 4 is 34.9 Å². The third-order valence-electron chi connectivity index (χ3n) is 4.82. The number of aromatic amines is 1. The molecule has 1 aliphatic carbocycles. The molecule has 2 amide bonds. The van der Waals surface area contributed by atoms with Crippen molar-refractivity contribution in [3.8, 4) is 5.75 Å². The Morgan fingerprint density at radius 1 is 1.20 bits per heavy atom. The SMILES string of the molecule is COc1c(C(=O)NCC(=O)NC2CC2)ccc2[nH]nc(C=Cc3ccc(F)cc3)c12. The van der Waals surface area contributed by atoms with Crippen LogP contribution in [-0.4, -0.2) is 41.7 Å². The molecule has 0 bridgehead atoms. The predicted octanol–water partition coefficient (Wildman–Crippen LogP) is 2.89. The van der Waals surface area contributed by atoms with Crippen molar-refractivity contribution in [3.63, 3.8) is 0 Å². The van der Waals surface area contributed by atoms with E-state index in [1.54, 1.807) is 36.4 Å². The van der Waals surface area contributed by atoms with Gasteiger partial charge in [-0.05, 0) is 48.7 Å². The zero-order chi connectivity index (χ0) is 21.1. The molecule has 4 rings (SSSR count). The third kappa shape index (κ3) is 4.32. The number of amides is 2. The number of rotatable bonds is 7. The number of ether oxygens (including phenoxy) is 1. The lowest BCUT2D eigenvalue weighted by Gasteiger charge is -2.11. The number of carbonyl (C=O) groups excluding carboxylic acids is 2. The van der Waals surface area contributed by atoms with Gasteiger partial charge in [0.2, 0.25) is 5.91 Å². The van der Waals surface area contributed by atoms with Crippen LogP contribution >= 0.6 is 0 Å². The Labute approximate surface area is 172 Å². The fraction of sp³-hybridized carbons (Fsp3) is 0.227. The minimum Gasteiger partial charge on any atom is -0.495 e. The largest absolute Gasteiger partial charge is 0.495 e. The number of H-pyrrole nitrogens is 1. The lowest BCUT2D eigenvalue weighted by Crippen LogP contribution is -2.37. The molecule has 1 heterocycles. The highest BCUT2D eigenvalue weighted by molar-refractivity contribution is 6.06. The molecule has 0 spiro atoms. The minimum atomic E-state index is -0.408. The highest BCUT2D eigenvalue weighted by Crippen LogP contribution is 2.32. The van der Waals surface area contributed by atoms with E-state index in [0.717, 1.165) is 18.4 Å². The van der Waals surface area contributed by atoms with Gasteiger partial charge in [-0.15, -0.1) is 0 Å². The van der Waals surface area contributed by atoms with Crippen LogP contribution in [0.1, 0.15) is 34.5 Å². The van der Waals surface area contributed by atoms with Crippen LogP contribution in [0.4, 0.5) is 4.39 Å². The van der Waals surface area contributed by atoms with Gasteiger partial charge in [0, 0.05) is 6.04 Å². The lowest BCUT2D eigenvalue weighted by atomic mass is 10.1. The molecule has 0 radical (unpaired) electrons. The molecule has 3 aromatic rings. The van der Waals surface area contributed by atoms with Crippen molar-refractivity contribution < 1.29 is 18.7 Å². The van der Waals surface area contributed by atoms with Crippen LogP contribution in [0.3, 0.4) is 0 Å². The first-order valence-corrected chi connectivity index (χ1v) is 9.61. The first kappa shape index (κ1) is 19.6. The average Bonchev–Trinajstić information content (AvgIpc) is 3.47. The van der Waals surface area contributed by atoms with Gasteiger partial charge in [0.25, 0.3) is 5.91 Å². The van der Waals surface area contributed by atoms with Crippen molar-refractivity contribution in [2.24, 2.45) is 0 Å². The molecule has 30 heavy (non-hydrogen) atoms. The number of carbonyl (C=O) groups is 2. The number of benzene rings is 2. The van der Waals surface area contributed by atoms with Gasteiger partial charge in [-0.1, -0.05) is 18.2 Å². The molecule has 1 aromatic heterocycles. The summed E-state index contributed by atoms with van der Waals surface area (Å²) < 4.78 is 18.6. The second-order valence-electron chi connectivity index (χ2n) is 7.09. The Morgan fingerprint density at radius 2 is 1.97 bits per heavy atom. The highest BCUT2D eigenvalue weighted by atomic mass is 19.1. The molecule has 8 heteroatoms. The van der Waals surface area contributed by atoms with Gasteiger partial charge in [-0.25, -0.2) is 4.39 Å². The molecule has 0 atom stereocenters. The van der Waals surface area contributed by atoms with Gasteiger partial charge >= 0.3 is 0 Å². The van der Waals surface area contributed by atoms with E-state index in [1.165, 1.54) is 19.2 Å². The van der Waals surface area contributed by atoms with E-state index in [4.69, 9.17) is 4.74 Å². The Balaban J connectivity index is 1.58. The number of aromatic nitrogens is 2. The molecular formula is C22H21FN4O3. The fourth-order valence-electron chi connectivity index (χ4n) is 3.13. The van der Waals surface area contributed by atoms with E-state index in [0.29, 0.717) is 27.9 Å². The molecule has 1 aliphatic rings. The molecule has 0 unspecified atom stereocenters. The molecule has 0 aliphatic heterocycles. The molecule has 1 fully saturated rings. The van der Waals surface area contributed by atoms with Gasteiger partial charge < -0.3 is 15.4 Å². The van der Waals surface area contributed by atoms with Crippen LogP contribution in [0.25, 0.3) is 23.1 Å². The van der Waals surface area contributed by atoms with Crippen LogP contribution in [0.15, 0.2) is 36.4 Å². The standard InChI is InChI=1S/C22H21FN4O3/c1-30-21-16(22(29)24-12-19(28)25-15-7-8-15)9-11-18-20(21)17(26-27-18)10-4-13-2-5-14(23)6-3-13/h2-6,9-11,15H,7-8,12H2,1H3,(H,24,29)(H,25,28)(H,26,27). The monoisotopic (exact) mass is 408 g/mol. The molecule has 2 aromatic carbocycles. The van der Waals surface area contributed by atoms with Crippen LogP contribution in [0.2, 0.25) is 0 Å². The van der Waals surface area contributed by atoms with E-state index in [1.807, 2.05) is 0 Å². The molecule has 3 N–H and O–H groups in total. The summed E-state index contributed by atoms with van der Waals surface area (Å²) in [6.45, 7) is -0.0980. The summed E-state index contributed by atoms with van der Waals surface area (Å²) in [5, 5.41) is 13.3. The van der Waals surface area contributed by atoms with Crippen LogP contribution in [0, 0.1) is 5.82 Å². The summed E-state index contributed by atoms with van der Waals surface area (Å²) in [5.74, 6) is -0.563. The van der Waals surface area contributed by atoms with E-state index in [9.17, 15) is 14.0 Å². The van der Waals surface area contributed by atoms with Gasteiger partial charge in [-0.3, -0.25) is 14.7 Å². The summed E-state index contributed by atoms with van der Waals surface area (Å²) >= 11 is 0. The number of nitrogens with one attached hydrogen (secondary N) is 3. The molecule has 1 saturated carbocycles. The second-order valence-corrected chi connectivity index (χ2v) is 7.09. The second kappa shape index (κ2) is 8.36. The van der Waals surface area contributed by atoms with Crippen molar-refractivity contribution in [2.45, 2.75) is 18.9 Å². The maximum absolute atomic E-state index is 13.1. The zero-order valence-electron chi connectivity index (χ0n) is 16.4. The molecule has 154 valence electrons. The van der Waals surface area contributed by atoms with E-state index in [-0.39, 0.29) is 24.3 Å². The fourth-order valence-corrected chi connectivity index (χ4v) is 3.13. The Morgan fingerprint density at radius 3 is 2.67 bits per heavy atom. The van der Waals surface area contributed by atoms with Gasteiger partial charge in [-0.2, -0.15) is 5.10 Å². The highest BCUT2D eigenvalue weighted by Gasteiger charge is 2.24. The lowest BCUT2D eigenvalue weighted by molar-refractivity contribution is -0.120. The van der Waals surface area contributed by atoms with E-state index < -0.39 is 5.91 Å². The number of nitrogens with zero attached hydrogens (tertiary/aromatic N) is 1. The number of hydrogen-bond donors (Lipinski definition) is 3. The van der Waals surface area contributed by atoms with Crippen molar-refractivity contribution in [3.05, 3.63) is 59.0 Å². The first-order valence-electron chi connectivity index (χ1n) is 9.61. The summed E-state index contributed by atoms with van der Waals surface area (Å²) in [6, 6.07) is 9.67. The Bertz CT molecular complexity index is 1120.